The monoisotopic (exact) mass is 575 g/mol. The Kier molecular flexibility index (Phi) is 12.7. The predicted molar refractivity (Wildman–Crippen MR) is 141 cm³/mol. The third-order valence-electron chi connectivity index (χ3n) is 5.25. The number of halogens is 3. The lowest BCUT2D eigenvalue weighted by atomic mass is 9.99. The van der Waals surface area contributed by atoms with Crippen LogP contribution < -0.4 is 16.0 Å². The van der Waals surface area contributed by atoms with Crippen molar-refractivity contribution in [3.8, 4) is 11.1 Å². The molecule has 218 valence electrons. The van der Waals surface area contributed by atoms with Crippen molar-refractivity contribution in [2.24, 2.45) is 0 Å². The second-order valence-electron chi connectivity index (χ2n) is 8.39. The molecule has 1 heterocycles. The second-order valence-corrected chi connectivity index (χ2v) is 8.39. The average molecular weight is 576 g/mol. The van der Waals surface area contributed by atoms with Crippen LogP contribution in [0.15, 0.2) is 73.1 Å². The van der Waals surface area contributed by atoms with Crippen LogP contribution in [0.4, 0.5) is 19.1 Å². The van der Waals surface area contributed by atoms with Gasteiger partial charge in [-0.15, -0.1) is 0 Å². The Morgan fingerprint density at radius 2 is 1.41 bits per heavy atom. The molecule has 3 aromatic rings. The summed E-state index contributed by atoms with van der Waals surface area (Å²) in [5, 5.41) is 24.7. The molecule has 0 fully saturated rings. The Labute approximate surface area is 232 Å². The lowest BCUT2D eigenvalue weighted by Gasteiger charge is -2.18. The molecular formula is C27H28F3N5O6. The molecule has 0 radical (unpaired) electrons. The van der Waals surface area contributed by atoms with Crippen LogP contribution >= 0.6 is 0 Å². The number of benzene rings is 2. The third-order valence-corrected chi connectivity index (χ3v) is 5.25. The molecule has 1 atom stereocenters. The van der Waals surface area contributed by atoms with Crippen molar-refractivity contribution in [3.05, 3.63) is 78.6 Å². The van der Waals surface area contributed by atoms with Crippen LogP contribution in [0.25, 0.3) is 11.1 Å². The van der Waals surface area contributed by atoms with Gasteiger partial charge in [-0.25, -0.2) is 14.8 Å². The van der Waals surface area contributed by atoms with Crippen molar-refractivity contribution in [1.82, 2.24) is 20.6 Å². The van der Waals surface area contributed by atoms with Crippen LogP contribution in [0.3, 0.4) is 0 Å². The molecule has 1 unspecified atom stereocenters. The van der Waals surface area contributed by atoms with E-state index in [9.17, 15) is 32.7 Å². The number of anilines is 1. The number of carboxylic acids is 2. The number of aliphatic carboxylic acids is 2. The highest BCUT2D eigenvalue weighted by Gasteiger charge is 2.38. The predicted octanol–water partition coefficient (Wildman–Crippen LogP) is 3.42. The Morgan fingerprint density at radius 1 is 0.829 bits per heavy atom. The van der Waals surface area contributed by atoms with Crippen LogP contribution in [-0.2, 0) is 19.2 Å². The lowest BCUT2D eigenvalue weighted by Crippen LogP contribution is -2.39. The minimum atomic E-state index is -5.08. The highest BCUT2D eigenvalue weighted by molar-refractivity contribution is 5.85. The van der Waals surface area contributed by atoms with Crippen molar-refractivity contribution in [2.45, 2.75) is 31.5 Å². The van der Waals surface area contributed by atoms with Crippen molar-refractivity contribution >= 4 is 29.7 Å². The standard InChI is InChI=1S/C25H27N5O4.C2HF3O2/c31-22(8-4-13-26-25-27-14-5-15-28-25)29-17-23(32)30-21(16-24(33)34)20-11-9-19(10-12-20)18-6-2-1-3-7-18;3-2(4,5)1(6)7/h1-3,5-7,9-12,14-15,21H,4,8,13,16-17H2,(H,29,31)(H,30,32)(H,33,34)(H,26,27,28);(H,6,7). The minimum Gasteiger partial charge on any atom is -0.481 e. The van der Waals surface area contributed by atoms with Crippen molar-refractivity contribution in [3.63, 3.8) is 0 Å². The van der Waals surface area contributed by atoms with Gasteiger partial charge in [-0.05, 0) is 29.2 Å². The van der Waals surface area contributed by atoms with Gasteiger partial charge < -0.3 is 26.2 Å². The molecule has 2 aromatic carbocycles. The fraction of sp³-hybridized carbons (Fsp3) is 0.259. The molecular weight excluding hydrogens is 547 g/mol. The highest BCUT2D eigenvalue weighted by Crippen LogP contribution is 2.23. The van der Waals surface area contributed by atoms with Gasteiger partial charge in [-0.2, -0.15) is 13.2 Å². The number of carbonyl (C=O) groups excluding carboxylic acids is 2. The fourth-order valence-electron chi connectivity index (χ4n) is 3.32. The summed E-state index contributed by atoms with van der Waals surface area (Å²) >= 11 is 0. The van der Waals surface area contributed by atoms with E-state index in [0.29, 0.717) is 24.5 Å². The van der Waals surface area contributed by atoms with Crippen molar-refractivity contribution in [2.75, 3.05) is 18.4 Å². The Bertz CT molecular complexity index is 1280. The van der Waals surface area contributed by atoms with E-state index in [4.69, 9.17) is 9.90 Å². The molecule has 14 heteroatoms. The number of hydrogen-bond acceptors (Lipinski definition) is 7. The summed E-state index contributed by atoms with van der Waals surface area (Å²) < 4.78 is 31.7. The van der Waals surface area contributed by atoms with Gasteiger partial charge in [0.2, 0.25) is 17.8 Å². The number of aromatic nitrogens is 2. The molecule has 0 aliphatic rings. The topological polar surface area (TPSA) is 171 Å². The van der Waals surface area contributed by atoms with E-state index in [0.717, 1.165) is 11.1 Å². The fourth-order valence-corrected chi connectivity index (χ4v) is 3.32. The number of alkyl halides is 3. The second kappa shape index (κ2) is 16.2. The zero-order valence-corrected chi connectivity index (χ0v) is 21.6. The summed E-state index contributed by atoms with van der Waals surface area (Å²) in [6, 6.07) is 18.2. The van der Waals surface area contributed by atoms with Crippen molar-refractivity contribution in [1.29, 1.82) is 0 Å². The molecule has 11 nitrogen and oxygen atoms in total. The largest absolute Gasteiger partial charge is 0.490 e. The third kappa shape index (κ3) is 12.6. The zero-order chi connectivity index (χ0) is 30.3. The van der Waals surface area contributed by atoms with E-state index < -0.39 is 30.1 Å². The number of rotatable bonds is 12. The summed E-state index contributed by atoms with van der Waals surface area (Å²) in [6.45, 7) is 0.287. The Hall–Kier alpha value is -5.01. The van der Waals surface area contributed by atoms with E-state index in [1.54, 1.807) is 30.6 Å². The van der Waals surface area contributed by atoms with Crippen LogP contribution in [0.1, 0.15) is 30.9 Å². The van der Waals surface area contributed by atoms with Gasteiger partial charge in [0.1, 0.15) is 0 Å². The van der Waals surface area contributed by atoms with Gasteiger partial charge >= 0.3 is 18.1 Å². The van der Waals surface area contributed by atoms with Crippen LogP contribution in [-0.4, -0.2) is 63.2 Å². The van der Waals surface area contributed by atoms with Gasteiger partial charge in [-0.3, -0.25) is 14.4 Å². The first kappa shape index (κ1) is 32.2. The molecule has 0 saturated carbocycles. The van der Waals surface area contributed by atoms with Gasteiger partial charge in [0.25, 0.3) is 0 Å². The van der Waals surface area contributed by atoms with Crippen LogP contribution in [0, 0.1) is 0 Å². The smallest absolute Gasteiger partial charge is 0.481 e. The molecule has 0 bridgehead atoms. The molecule has 5 N–H and O–H groups in total. The number of nitrogens with one attached hydrogen (secondary N) is 3. The van der Waals surface area contributed by atoms with Gasteiger partial charge in [0.15, 0.2) is 0 Å². The van der Waals surface area contributed by atoms with Gasteiger partial charge in [0.05, 0.1) is 19.0 Å². The quantitative estimate of drug-likeness (QED) is 0.203. The molecule has 1 aromatic heterocycles. The normalized spacial score (nSPS) is 11.3. The maximum absolute atomic E-state index is 12.4. The molecule has 0 aliphatic heterocycles. The average Bonchev–Trinajstić information content (AvgIpc) is 2.94. The van der Waals surface area contributed by atoms with Crippen LogP contribution in [0.2, 0.25) is 0 Å². The molecule has 41 heavy (non-hydrogen) atoms. The summed E-state index contributed by atoms with van der Waals surface area (Å²) in [6.07, 6.45) is -1.34. The maximum Gasteiger partial charge on any atom is 0.490 e. The Balaban J connectivity index is 0.000000745. The van der Waals surface area contributed by atoms with Gasteiger partial charge in [0, 0.05) is 25.4 Å². The summed E-state index contributed by atoms with van der Waals surface area (Å²) in [7, 11) is 0. The summed E-state index contributed by atoms with van der Waals surface area (Å²) in [5.41, 5.74) is 2.71. The number of nitrogens with zero attached hydrogens (tertiary/aromatic N) is 2. The zero-order valence-electron chi connectivity index (χ0n) is 21.6. The first-order chi connectivity index (χ1) is 19.5. The van der Waals surface area contributed by atoms with E-state index in [2.05, 4.69) is 25.9 Å². The minimum absolute atomic E-state index is 0.229. The highest BCUT2D eigenvalue weighted by atomic mass is 19.4. The first-order valence-electron chi connectivity index (χ1n) is 12.2. The number of amides is 2. The molecule has 0 aliphatic carbocycles. The molecule has 3 rings (SSSR count). The molecule has 2 amide bonds. The molecule has 0 saturated heterocycles. The molecule has 0 spiro atoms. The number of carbonyl (C=O) groups is 4. The van der Waals surface area contributed by atoms with Crippen LogP contribution in [0.5, 0.6) is 0 Å². The maximum atomic E-state index is 12.4. The summed E-state index contributed by atoms with van der Waals surface area (Å²) in [4.78, 5) is 52.7. The van der Waals surface area contributed by atoms with E-state index >= 15 is 0 Å². The lowest BCUT2D eigenvalue weighted by molar-refractivity contribution is -0.192. The van der Waals surface area contributed by atoms with E-state index in [-0.39, 0.29) is 25.3 Å². The summed E-state index contributed by atoms with van der Waals surface area (Å²) in [5.74, 6) is -4.03. The number of hydrogen-bond donors (Lipinski definition) is 5. The first-order valence-corrected chi connectivity index (χ1v) is 12.2. The van der Waals surface area contributed by atoms with E-state index in [1.165, 1.54) is 0 Å². The van der Waals surface area contributed by atoms with E-state index in [1.807, 2.05) is 42.5 Å². The SMILES string of the molecule is O=C(O)C(F)(F)F.O=C(O)CC(NC(=O)CNC(=O)CCCNc1ncccn1)c1ccc(-c2ccccc2)cc1. The van der Waals surface area contributed by atoms with Crippen molar-refractivity contribution < 1.29 is 42.6 Å². The Morgan fingerprint density at radius 3 is 1.98 bits per heavy atom. The van der Waals surface area contributed by atoms with Gasteiger partial charge in [-0.1, -0.05) is 54.6 Å². The number of carboxylic acid groups (broad SMARTS) is 2.